The number of rotatable bonds is 9. The summed E-state index contributed by atoms with van der Waals surface area (Å²) in [6, 6.07) is 0. The Kier molecular flexibility index (Phi) is 8.46. The molecule has 0 aliphatic carbocycles. The maximum Gasteiger partial charge on any atom is 0.349 e. The molecule has 1 fully saturated rings. The van der Waals surface area contributed by atoms with E-state index in [1.165, 1.54) is 32.1 Å². The highest BCUT2D eigenvalue weighted by molar-refractivity contribution is 6.73. The van der Waals surface area contributed by atoms with Crippen molar-refractivity contribution >= 4 is 8.56 Å². The Bertz CT molecular complexity index is 544. The first kappa shape index (κ1) is 24.5. The third kappa shape index (κ3) is 5.89. The fourth-order valence-corrected chi connectivity index (χ4v) is 9.66. The summed E-state index contributed by atoms with van der Waals surface area (Å²) in [5.41, 5.74) is 0. The molecule has 2 aliphatic heterocycles. The Morgan fingerprint density at radius 1 is 1.03 bits per heavy atom. The molecule has 4 nitrogen and oxygen atoms in total. The molecule has 1 saturated heterocycles. The second kappa shape index (κ2) is 10.0. The van der Waals surface area contributed by atoms with E-state index in [0.717, 1.165) is 18.6 Å². The smallest absolute Gasteiger partial charge is 0.349 e. The Labute approximate surface area is 180 Å². The van der Waals surface area contributed by atoms with Gasteiger partial charge in [-0.2, -0.15) is 0 Å². The highest BCUT2D eigenvalue weighted by Crippen LogP contribution is 2.54. The molecule has 3 atom stereocenters. The molecule has 0 unspecified atom stereocenters. The molecule has 2 aliphatic rings. The molecule has 2 heterocycles. The minimum absolute atomic E-state index is 0.0581. The van der Waals surface area contributed by atoms with Gasteiger partial charge in [-0.25, -0.2) is 0 Å². The summed E-state index contributed by atoms with van der Waals surface area (Å²) in [7, 11) is -2.55. The lowest BCUT2D eigenvalue weighted by Gasteiger charge is -2.55. The highest BCUT2D eigenvalue weighted by atomic mass is 28.4. The Morgan fingerprint density at radius 2 is 1.66 bits per heavy atom. The van der Waals surface area contributed by atoms with Crippen molar-refractivity contribution < 1.29 is 18.3 Å². The summed E-state index contributed by atoms with van der Waals surface area (Å²) in [5, 5.41) is -0.116. The van der Waals surface area contributed by atoms with Crippen molar-refractivity contribution in [1.29, 1.82) is 0 Å². The molecule has 0 radical (unpaired) electrons. The zero-order valence-corrected chi connectivity index (χ0v) is 20.9. The number of allylic oxidation sites excluding steroid dienone is 1. The summed E-state index contributed by atoms with van der Waals surface area (Å²) in [4.78, 5) is 0. The van der Waals surface area contributed by atoms with Crippen molar-refractivity contribution in [1.82, 2.24) is 0 Å². The van der Waals surface area contributed by atoms with E-state index in [9.17, 15) is 0 Å². The van der Waals surface area contributed by atoms with E-state index in [-0.39, 0.29) is 28.4 Å². The van der Waals surface area contributed by atoms with E-state index in [1.807, 2.05) is 6.08 Å². The number of hydrogen-bond donors (Lipinski definition) is 0. The summed E-state index contributed by atoms with van der Waals surface area (Å²) in [6.07, 6.45) is 11.8. The SMILES string of the molecule is C=C(CCCCCCCC)O[C@@H]1C=CO[C@@H]2CO[Si](C(C)(C)C)(C(C)(C)C)O[C@@H]12. The second-order valence-corrected chi connectivity index (χ2v) is 15.4. The molecule has 0 amide bonds. The minimum Gasteiger partial charge on any atom is -0.493 e. The van der Waals surface area contributed by atoms with Crippen LogP contribution in [-0.4, -0.2) is 33.5 Å². The van der Waals surface area contributed by atoms with Gasteiger partial charge in [0.1, 0.15) is 18.3 Å². The molecular formula is C24H44O4Si. The lowest BCUT2D eigenvalue weighted by molar-refractivity contribution is -0.128. The van der Waals surface area contributed by atoms with Gasteiger partial charge in [0.25, 0.3) is 0 Å². The molecule has 0 aromatic heterocycles. The average Bonchev–Trinajstić information content (AvgIpc) is 2.62. The van der Waals surface area contributed by atoms with Crippen molar-refractivity contribution in [3.8, 4) is 0 Å². The standard InChI is InChI=1S/C24H44O4Si/c1-9-10-11-12-13-14-15-19(2)27-20-16-17-25-21-18-26-29(23(3,4)5,24(6,7)8)28-22(20)21/h16-17,20-22H,2,9-15,18H2,1,3-8H3/t20-,21-,22+/m1/s1. The van der Waals surface area contributed by atoms with Gasteiger partial charge in [0, 0.05) is 16.5 Å². The lowest BCUT2D eigenvalue weighted by Crippen LogP contribution is -2.67. The molecule has 0 aromatic carbocycles. The Hall–Kier alpha value is -0.783. The van der Waals surface area contributed by atoms with E-state index >= 15 is 0 Å². The molecule has 2 rings (SSSR count). The molecule has 0 bridgehead atoms. The first-order valence-corrected chi connectivity index (χ1v) is 13.3. The first-order chi connectivity index (χ1) is 13.5. The van der Waals surface area contributed by atoms with Gasteiger partial charge >= 0.3 is 8.56 Å². The minimum atomic E-state index is -2.55. The highest BCUT2D eigenvalue weighted by Gasteiger charge is 2.63. The molecule has 0 N–H and O–H groups in total. The van der Waals surface area contributed by atoms with E-state index in [0.29, 0.717) is 6.61 Å². The molecule has 0 aromatic rings. The summed E-state index contributed by atoms with van der Waals surface area (Å²) in [5.74, 6) is 0.852. The van der Waals surface area contributed by atoms with Gasteiger partial charge < -0.3 is 18.3 Å². The van der Waals surface area contributed by atoms with Crippen LogP contribution in [0.5, 0.6) is 0 Å². The number of fused-ring (bicyclic) bond motifs is 1. The fourth-order valence-electron chi connectivity index (χ4n) is 4.70. The predicted octanol–water partition coefficient (Wildman–Crippen LogP) is 7.01. The van der Waals surface area contributed by atoms with Crippen molar-refractivity contribution in [3.05, 3.63) is 24.7 Å². The van der Waals surface area contributed by atoms with Crippen LogP contribution in [0.25, 0.3) is 0 Å². The van der Waals surface area contributed by atoms with Crippen LogP contribution in [0.1, 0.15) is 93.4 Å². The molecule has 5 heteroatoms. The summed E-state index contributed by atoms with van der Waals surface area (Å²) in [6.45, 7) is 20.4. The van der Waals surface area contributed by atoms with E-state index < -0.39 is 8.56 Å². The molecule has 0 spiro atoms. The topological polar surface area (TPSA) is 36.9 Å². The average molecular weight is 425 g/mol. The number of ether oxygens (including phenoxy) is 2. The molecule has 0 saturated carbocycles. The lowest BCUT2D eigenvalue weighted by atomic mass is 10.1. The summed E-state index contributed by atoms with van der Waals surface area (Å²) < 4.78 is 25.5. The largest absolute Gasteiger partial charge is 0.493 e. The fraction of sp³-hybridized carbons (Fsp3) is 0.833. The van der Waals surface area contributed by atoms with Crippen molar-refractivity contribution in [2.24, 2.45) is 0 Å². The third-order valence-electron chi connectivity index (χ3n) is 6.05. The maximum atomic E-state index is 6.86. The Balaban J connectivity index is 2.00. The monoisotopic (exact) mass is 424 g/mol. The van der Waals surface area contributed by atoms with E-state index in [4.69, 9.17) is 18.3 Å². The van der Waals surface area contributed by atoms with Crippen LogP contribution in [-0.2, 0) is 18.3 Å². The van der Waals surface area contributed by atoms with E-state index in [2.05, 4.69) is 55.0 Å². The van der Waals surface area contributed by atoms with Crippen LogP contribution in [0.15, 0.2) is 24.7 Å². The van der Waals surface area contributed by atoms with Crippen LogP contribution in [0, 0.1) is 0 Å². The first-order valence-electron chi connectivity index (χ1n) is 11.5. The third-order valence-corrected chi connectivity index (χ3v) is 11.2. The number of unbranched alkanes of at least 4 members (excludes halogenated alkanes) is 5. The molecular weight excluding hydrogens is 380 g/mol. The summed E-state index contributed by atoms with van der Waals surface area (Å²) >= 11 is 0. The van der Waals surface area contributed by atoms with Crippen LogP contribution < -0.4 is 0 Å². The van der Waals surface area contributed by atoms with Crippen molar-refractivity contribution in [2.45, 2.75) is 122 Å². The van der Waals surface area contributed by atoms with Gasteiger partial charge in [-0.05, 0) is 12.5 Å². The molecule has 168 valence electrons. The zero-order valence-electron chi connectivity index (χ0n) is 19.9. The Morgan fingerprint density at radius 3 is 2.28 bits per heavy atom. The van der Waals surface area contributed by atoms with Gasteiger partial charge in [-0.1, -0.05) is 87.1 Å². The molecule has 29 heavy (non-hydrogen) atoms. The van der Waals surface area contributed by atoms with Crippen molar-refractivity contribution in [2.75, 3.05) is 6.61 Å². The predicted molar refractivity (Wildman–Crippen MR) is 122 cm³/mol. The maximum absolute atomic E-state index is 6.86. The van der Waals surface area contributed by atoms with Gasteiger partial charge in [0.15, 0.2) is 0 Å². The normalized spacial score (nSPS) is 26.5. The van der Waals surface area contributed by atoms with Crippen LogP contribution in [0.4, 0.5) is 0 Å². The van der Waals surface area contributed by atoms with Gasteiger partial charge in [0.2, 0.25) is 0 Å². The second-order valence-electron chi connectivity index (χ2n) is 10.7. The number of hydrogen-bond acceptors (Lipinski definition) is 4. The van der Waals surface area contributed by atoms with Gasteiger partial charge in [-0.3, -0.25) is 0 Å². The van der Waals surface area contributed by atoms with Crippen LogP contribution in [0.2, 0.25) is 10.1 Å². The van der Waals surface area contributed by atoms with Gasteiger partial charge in [0.05, 0.1) is 18.6 Å². The van der Waals surface area contributed by atoms with E-state index in [1.54, 1.807) is 6.26 Å². The zero-order chi connectivity index (χ0) is 21.7. The van der Waals surface area contributed by atoms with Crippen molar-refractivity contribution in [3.63, 3.8) is 0 Å². The quantitative estimate of drug-likeness (QED) is 0.227. The van der Waals surface area contributed by atoms with Crippen LogP contribution >= 0.6 is 0 Å². The van der Waals surface area contributed by atoms with Gasteiger partial charge in [-0.15, -0.1) is 0 Å². The van der Waals surface area contributed by atoms with Crippen LogP contribution in [0.3, 0.4) is 0 Å².